The first kappa shape index (κ1) is 15.4. The van der Waals surface area contributed by atoms with Crippen molar-refractivity contribution in [1.82, 2.24) is 10.2 Å². The van der Waals surface area contributed by atoms with E-state index in [0.717, 1.165) is 30.7 Å². The van der Waals surface area contributed by atoms with Gasteiger partial charge in [0.05, 0.1) is 13.1 Å². The van der Waals surface area contributed by atoms with Gasteiger partial charge in [-0.05, 0) is 44.4 Å². The van der Waals surface area contributed by atoms with E-state index in [4.69, 9.17) is 4.42 Å². The smallest absolute Gasteiger partial charge is 0.120 e. The summed E-state index contributed by atoms with van der Waals surface area (Å²) in [6, 6.07) is 2.97. The molecule has 1 N–H and O–H groups in total. The zero-order valence-corrected chi connectivity index (χ0v) is 14.4. The first-order valence-corrected chi connectivity index (χ1v) is 9.18. The predicted octanol–water partition coefficient (Wildman–Crippen LogP) is 3.56. The minimum Gasteiger partial charge on any atom is -0.463 e. The van der Waals surface area contributed by atoms with Gasteiger partial charge in [-0.2, -0.15) is 11.8 Å². The second kappa shape index (κ2) is 6.35. The summed E-state index contributed by atoms with van der Waals surface area (Å²) in [4.78, 5) is 2.54. The molecule has 1 saturated heterocycles. The van der Waals surface area contributed by atoms with Gasteiger partial charge in [0.25, 0.3) is 0 Å². The quantitative estimate of drug-likeness (QED) is 0.900. The first-order valence-electron chi connectivity index (χ1n) is 8.20. The molecule has 2 fully saturated rings. The van der Waals surface area contributed by atoms with Crippen LogP contribution in [-0.2, 0) is 13.1 Å². The minimum absolute atomic E-state index is 0.424. The summed E-state index contributed by atoms with van der Waals surface area (Å²) in [5.41, 5.74) is 1.29. The highest BCUT2D eigenvalue weighted by Crippen LogP contribution is 2.31. The number of hydrogen-bond donors (Lipinski definition) is 1. The van der Waals surface area contributed by atoms with Gasteiger partial charge in [0.15, 0.2) is 0 Å². The molecular weight excluding hydrogens is 280 g/mol. The molecule has 1 saturated carbocycles. The number of hydrogen-bond acceptors (Lipinski definition) is 4. The summed E-state index contributed by atoms with van der Waals surface area (Å²) in [6.07, 6.45) is 3.91. The van der Waals surface area contributed by atoms with E-state index in [1.165, 1.54) is 43.7 Å². The maximum Gasteiger partial charge on any atom is 0.120 e. The highest BCUT2D eigenvalue weighted by molar-refractivity contribution is 8.00. The van der Waals surface area contributed by atoms with Crippen molar-refractivity contribution in [3.05, 3.63) is 23.2 Å². The topological polar surface area (TPSA) is 28.4 Å². The van der Waals surface area contributed by atoms with E-state index in [0.29, 0.717) is 4.75 Å². The molecule has 1 aromatic heterocycles. The van der Waals surface area contributed by atoms with Crippen LogP contribution in [-0.4, -0.2) is 34.5 Å². The van der Waals surface area contributed by atoms with Gasteiger partial charge in [-0.1, -0.05) is 13.8 Å². The summed E-state index contributed by atoms with van der Waals surface area (Å²) in [5, 5.41) is 3.54. The van der Waals surface area contributed by atoms with Crippen LogP contribution in [0.15, 0.2) is 10.5 Å². The second-order valence-corrected chi connectivity index (χ2v) is 8.91. The van der Waals surface area contributed by atoms with E-state index in [-0.39, 0.29) is 0 Å². The third-order valence-electron chi connectivity index (χ3n) is 4.51. The molecule has 0 bridgehead atoms. The maximum atomic E-state index is 6.08. The van der Waals surface area contributed by atoms with Crippen LogP contribution in [0.4, 0.5) is 0 Å². The molecule has 1 aliphatic heterocycles. The molecule has 3 rings (SSSR count). The lowest BCUT2D eigenvalue weighted by Gasteiger charge is -2.22. The molecule has 0 amide bonds. The Morgan fingerprint density at radius 3 is 2.95 bits per heavy atom. The van der Waals surface area contributed by atoms with Crippen LogP contribution in [0.25, 0.3) is 0 Å². The fourth-order valence-electron chi connectivity index (χ4n) is 2.81. The zero-order chi connectivity index (χ0) is 14.9. The van der Waals surface area contributed by atoms with Crippen molar-refractivity contribution in [2.45, 2.75) is 63.9 Å². The van der Waals surface area contributed by atoms with Crippen LogP contribution >= 0.6 is 11.8 Å². The Bertz CT molecular complexity index is 479. The molecule has 2 aliphatic rings. The largest absolute Gasteiger partial charge is 0.463 e. The van der Waals surface area contributed by atoms with Crippen LogP contribution in [0.3, 0.4) is 0 Å². The lowest BCUT2D eigenvalue weighted by atomic mass is 10.1. The minimum atomic E-state index is 0.424. The fraction of sp³-hybridized carbons (Fsp3) is 0.765. The van der Waals surface area contributed by atoms with Crippen molar-refractivity contribution in [3.8, 4) is 0 Å². The number of thioether (sulfide) groups is 1. The van der Waals surface area contributed by atoms with E-state index in [1.807, 2.05) is 0 Å². The van der Waals surface area contributed by atoms with Crippen molar-refractivity contribution >= 4 is 11.8 Å². The number of nitrogens with zero attached hydrogens (tertiary/aromatic N) is 1. The predicted molar refractivity (Wildman–Crippen MR) is 89.7 cm³/mol. The Morgan fingerprint density at radius 2 is 2.19 bits per heavy atom. The third kappa shape index (κ3) is 4.51. The Kier molecular flexibility index (Phi) is 4.67. The van der Waals surface area contributed by atoms with Gasteiger partial charge in [-0.3, -0.25) is 4.90 Å². The zero-order valence-electron chi connectivity index (χ0n) is 13.6. The SMILES string of the molecule is Cc1cc(CN2CCSC(C)(C)CC2)oc1CNC1CC1. The van der Waals surface area contributed by atoms with Crippen molar-refractivity contribution < 1.29 is 4.42 Å². The van der Waals surface area contributed by atoms with Crippen LogP contribution in [0.1, 0.15) is 50.2 Å². The van der Waals surface area contributed by atoms with Crippen molar-refractivity contribution in [1.29, 1.82) is 0 Å². The molecule has 21 heavy (non-hydrogen) atoms. The normalized spacial score (nSPS) is 23.2. The third-order valence-corrected chi connectivity index (χ3v) is 5.88. The van der Waals surface area contributed by atoms with Gasteiger partial charge in [-0.15, -0.1) is 0 Å². The molecule has 3 nitrogen and oxygen atoms in total. The van der Waals surface area contributed by atoms with Crippen LogP contribution < -0.4 is 5.32 Å². The number of aryl methyl sites for hydroxylation is 1. The maximum absolute atomic E-state index is 6.08. The number of nitrogens with one attached hydrogen (secondary N) is 1. The van der Waals surface area contributed by atoms with Gasteiger partial charge in [-0.25, -0.2) is 0 Å². The Morgan fingerprint density at radius 1 is 1.38 bits per heavy atom. The highest BCUT2D eigenvalue weighted by atomic mass is 32.2. The van der Waals surface area contributed by atoms with Gasteiger partial charge in [0, 0.05) is 23.1 Å². The van der Waals surface area contributed by atoms with E-state index < -0.39 is 0 Å². The summed E-state index contributed by atoms with van der Waals surface area (Å²) in [7, 11) is 0. The summed E-state index contributed by atoms with van der Waals surface area (Å²) < 4.78 is 6.50. The molecule has 0 radical (unpaired) electrons. The van der Waals surface area contributed by atoms with Crippen LogP contribution in [0.2, 0.25) is 0 Å². The number of rotatable bonds is 5. The monoisotopic (exact) mass is 308 g/mol. The summed E-state index contributed by atoms with van der Waals surface area (Å²) in [5.74, 6) is 3.48. The van der Waals surface area contributed by atoms with Crippen molar-refractivity contribution in [2.24, 2.45) is 0 Å². The first-order chi connectivity index (χ1) is 10.0. The molecule has 0 spiro atoms. The molecule has 1 aromatic rings. The summed E-state index contributed by atoms with van der Waals surface area (Å²) >= 11 is 2.10. The molecule has 1 aliphatic carbocycles. The molecule has 0 unspecified atom stereocenters. The van der Waals surface area contributed by atoms with Crippen molar-refractivity contribution in [3.63, 3.8) is 0 Å². The van der Waals surface area contributed by atoms with E-state index in [9.17, 15) is 0 Å². The average Bonchev–Trinajstić information content (AvgIpc) is 3.19. The van der Waals surface area contributed by atoms with Crippen LogP contribution in [0, 0.1) is 6.92 Å². The lowest BCUT2D eigenvalue weighted by Crippen LogP contribution is -2.26. The van der Waals surface area contributed by atoms with Gasteiger partial charge in [0.2, 0.25) is 0 Å². The standard InChI is InChI=1S/C17H28N2OS/c1-13-10-15(20-16(13)11-18-14-4-5-14)12-19-7-6-17(2,3)21-9-8-19/h10,14,18H,4-9,11-12H2,1-3H3. The molecule has 0 atom stereocenters. The van der Waals surface area contributed by atoms with E-state index in [2.05, 4.69) is 48.8 Å². The van der Waals surface area contributed by atoms with Crippen molar-refractivity contribution in [2.75, 3.05) is 18.8 Å². The van der Waals surface area contributed by atoms with Gasteiger partial charge >= 0.3 is 0 Å². The molecular formula is C17H28N2OS. The molecule has 4 heteroatoms. The molecule has 118 valence electrons. The van der Waals surface area contributed by atoms with Crippen LogP contribution in [0.5, 0.6) is 0 Å². The Labute approximate surface area is 132 Å². The average molecular weight is 308 g/mol. The molecule has 2 heterocycles. The van der Waals surface area contributed by atoms with E-state index >= 15 is 0 Å². The number of furan rings is 1. The van der Waals surface area contributed by atoms with Gasteiger partial charge in [0.1, 0.15) is 11.5 Å². The van der Waals surface area contributed by atoms with E-state index in [1.54, 1.807) is 0 Å². The van der Waals surface area contributed by atoms with Gasteiger partial charge < -0.3 is 9.73 Å². The lowest BCUT2D eigenvalue weighted by molar-refractivity contribution is 0.250. The Balaban J connectivity index is 1.55. The second-order valence-electron chi connectivity index (χ2n) is 7.11. The highest BCUT2D eigenvalue weighted by Gasteiger charge is 2.24. The summed E-state index contributed by atoms with van der Waals surface area (Å²) in [6.45, 7) is 11.1. The Hall–Kier alpha value is -0.450. The fourth-order valence-corrected chi connectivity index (χ4v) is 3.95. The molecule has 0 aromatic carbocycles.